The average molecular weight is 304 g/mol. The van der Waals surface area contributed by atoms with E-state index >= 15 is 0 Å². The fraction of sp³-hybridized carbons (Fsp3) is 0. The largest absolute Gasteiger partial charge is 0.192 e. The van der Waals surface area contributed by atoms with E-state index in [0.717, 1.165) is 13.9 Å². The van der Waals surface area contributed by atoms with Crippen molar-refractivity contribution in [2.45, 2.75) is 0 Å². The lowest BCUT2D eigenvalue weighted by atomic mass is 10.3. The predicted octanol–water partition coefficient (Wildman–Crippen LogP) is 3.18. The highest BCUT2D eigenvalue weighted by Gasteiger charge is 2.08. The van der Waals surface area contributed by atoms with Crippen LogP contribution in [-0.2, 0) is 0 Å². The van der Waals surface area contributed by atoms with Crippen molar-refractivity contribution >= 4 is 65.4 Å². The first-order valence-corrected chi connectivity index (χ1v) is 8.27. The highest BCUT2D eigenvalue weighted by Crippen LogP contribution is 2.38. The molecule has 3 rings (SSSR count). The van der Waals surface area contributed by atoms with Gasteiger partial charge in [0.25, 0.3) is 0 Å². The monoisotopic (exact) mass is 304 g/mol. The molecule has 0 N–H and O–H groups in total. The Balaban J connectivity index is 2.23. The van der Waals surface area contributed by atoms with Crippen LogP contribution in [0.25, 0.3) is 19.2 Å². The van der Waals surface area contributed by atoms with Gasteiger partial charge < -0.3 is 0 Å². The van der Waals surface area contributed by atoms with Gasteiger partial charge in [-0.25, -0.2) is 0 Å². The van der Waals surface area contributed by atoms with Gasteiger partial charge in [-0.05, 0) is 22.9 Å². The number of nitrogens with zero attached hydrogens (tertiary/aromatic N) is 2. The second kappa shape index (κ2) is 4.83. The summed E-state index contributed by atoms with van der Waals surface area (Å²) in [5, 5.41) is 21.9. The number of thiophene rings is 2. The van der Waals surface area contributed by atoms with E-state index < -0.39 is 0 Å². The Kier molecular flexibility index (Phi) is 3.19. The highest BCUT2D eigenvalue weighted by molar-refractivity contribution is 8.34. The van der Waals surface area contributed by atoms with E-state index in [2.05, 4.69) is 16.9 Å². The zero-order chi connectivity index (χ0) is 12.5. The lowest BCUT2D eigenvalue weighted by Gasteiger charge is -1.87. The first kappa shape index (κ1) is 11.9. The molecule has 0 aromatic carbocycles. The van der Waals surface area contributed by atoms with Crippen LogP contribution >= 0.6 is 46.2 Å². The fourth-order valence-corrected chi connectivity index (χ4v) is 5.83. The quantitative estimate of drug-likeness (QED) is 0.750. The Morgan fingerprint density at radius 2 is 1.61 bits per heavy atom. The molecular formula is C12H4N2S4. The lowest BCUT2D eigenvalue weighted by molar-refractivity contribution is 1.51. The molecule has 1 aliphatic heterocycles. The molecule has 86 valence electrons. The summed E-state index contributed by atoms with van der Waals surface area (Å²) in [6, 6.07) is 7.95. The molecule has 0 saturated carbocycles. The standard InChI is InChI=1S/C12H4N2S4/c13-5-7(6-14)8-3-9-10(17-8)4-11(18-9)12-15-1-2-16-12/h1-4H. The Hall–Kier alpha value is -1.18. The maximum atomic E-state index is 8.85. The molecular weight excluding hydrogens is 300 g/mol. The van der Waals surface area contributed by atoms with Gasteiger partial charge in [0.1, 0.15) is 17.7 Å². The normalized spacial score (nSPS) is 13.8. The average Bonchev–Trinajstić information content (AvgIpc) is 3.04. The van der Waals surface area contributed by atoms with E-state index in [-0.39, 0.29) is 5.57 Å². The van der Waals surface area contributed by atoms with Gasteiger partial charge >= 0.3 is 0 Å². The van der Waals surface area contributed by atoms with Crippen molar-refractivity contribution in [3.05, 3.63) is 32.0 Å². The number of hydrogen-bond acceptors (Lipinski definition) is 6. The molecule has 1 aliphatic rings. The molecule has 0 saturated heterocycles. The number of hydrogen-bond donors (Lipinski definition) is 0. The molecule has 6 heteroatoms. The van der Waals surface area contributed by atoms with Crippen molar-refractivity contribution in [1.82, 2.24) is 0 Å². The van der Waals surface area contributed by atoms with Crippen molar-refractivity contribution in [3.8, 4) is 12.1 Å². The topological polar surface area (TPSA) is 47.6 Å². The molecule has 0 fully saturated rings. The summed E-state index contributed by atoms with van der Waals surface area (Å²) in [5.41, 5.74) is 0.198. The van der Waals surface area contributed by atoms with E-state index in [9.17, 15) is 0 Å². The maximum absolute atomic E-state index is 8.85. The van der Waals surface area contributed by atoms with Gasteiger partial charge in [0.05, 0.1) is 8.77 Å². The summed E-state index contributed by atoms with van der Waals surface area (Å²) in [4.78, 5) is 0. The summed E-state index contributed by atoms with van der Waals surface area (Å²) in [6.45, 7) is 0. The maximum Gasteiger partial charge on any atom is 0.146 e. The summed E-state index contributed by atoms with van der Waals surface area (Å²) < 4.78 is 5.62. The second-order valence-corrected chi connectivity index (χ2v) is 7.60. The number of fused-ring (bicyclic) bond motifs is 1. The minimum absolute atomic E-state index is 0.198. The van der Waals surface area contributed by atoms with E-state index in [1.54, 1.807) is 34.9 Å². The van der Waals surface area contributed by atoms with Crippen LogP contribution in [0, 0.1) is 22.7 Å². The van der Waals surface area contributed by atoms with Crippen LogP contribution < -0.4 is 9.06 Å². The molecule has 0 aliphatic carbocycles. The van der Waals surface area contributed by atoms with Crippen LogP contribution in [0.2, 0.25) is 0 Å². The molecule has 2 aromatic heterocycles. The van der Waals surface area contributed by atoms with Crippen molar-refractivity contribution in [2.75, 3.05) is 0 Å². The summed E-state index contributed by atoms with van der Waals surface area (Å²) >= 11 is 6.70. The van der Waals surface area contributed by atoms with Crippen LogP contribution in [0.1, 0.15) is 0 Å². The molecule has 2 aromatic rings. The van der Waals surface area contributed by atoms with Crippen LogP contribution in [0.5, 0.6) is 0 Å². The van der Waals surface area contributed by atoms with E-state index in [4.69, 9.17) is 10.5 Å². The van der Waals surface area contributed by atoms with Crippen molar-refractivity contribution in [2.24, 2.45) is 0 Å². The summed E-state index contributed by atoms with van der Waals surface area (Å²) in [7, 11) is 0. The van der Waals surface area contributed by atoms with Crippen molar-refractivity contribution in [3.63, 3.8) is 0 Å². The van der Waals surface area contributed by atoms with Gasteiger partial charge in [-0.15, -0.1) is 22.7 Å². The van der Waals surface area contributed by atoms with Crippen molar-refractivity contribution in [1.29, 1.82) is 10.5 Å². The first-order chi connectivity index (χ1) is 8.81. The molecule has 0 radical (unpaired) electrons. The van der Waals surface area contributed by atoms with E-state index in [0.29, 0.717) is 0 Å². The molecule has 0 unspecified atom stereocenters. The van der Waals surface area contributed by atoms with Gasteiger partial charge in [-0.1, -0.05) is 23.5 Å². The molecule has 2 nitrogen and oxygen atoms in total. The van der Waals surface area contributed by atoms with Gasteiger partial charge in [-0.2, -0.15) is 10.5 Å². The Labute approximate surface area is 120 Å². The zero-order valence-corrected chi connectivity index (χ0v) is 12.1. The van der Waals surface area contributed by atoms with Crippen LogP contribution in [0.15, 0.2) is 22.9 Å². The van der Waals surface area contributed by atoms with Gasteiger partial charge in [0.2, 0.25) is 0 Å². The first-order valence-electron chi connectivity index (χ1n) is 4.88. The molecule has 3 heterocycles. The highest BCUT2D eigenvalue weighted by atomic mass is 32.2. The zero-order valence-electron chi connectivity index (χ0n) is 8.84. The molecule has 18 heavy (non-hydrogen) atoms. The van der Waals surface area contributed by atoms with E-state index in [1.807, 2.05) is 18.2 Å². The second-order valence-electron chi connectivity index (χ2n) is 3.34. The predicted molar refractivity (Wildman–Crippen MR) is 81.3 cm³/mol. The number of nitriles is 2. The van der Waals surface area contributed by atoms with Crippen LogP contribution in [0.3, 0.4) is 0 Å². The van der Waals surface area contributed by atoms with Crippen LogP contribution in [-0.4, -0.2) is 0 Å². The summed E-state index contributed by atoms with van der Waals surface area (Å²) in [5.74, 6) is 0. The summed E-state index contributed by atoms with van der Waals surface area (Å²) in [6.07, 6.45) is 0. The third-order valence-corrected chi connectivity index (χ3v) is 7.03. The third-order valence-electron chi connectivity index (χ3n) is 2.28. The van der Waals surface area contributed by atoms with Gasteiger partial charge in [0.15, 0.2) is 0 Å². The molecule has 0 bridgehead atoms. The molecule has 0 spiro atoms. The molecule has 0 amide bonds. The SMILES string of the molecule is N#CC(C#N)=c1cc2sc(=C3SC=CS3)cc2s1. The Bertz CT molecular complexity index is 791. The van der Waals surface area contributed by atoms with Crippen molar-refractivity contribution < 1.29 is 0 Å². The van der Waals surface area contributed by atoms with Gasteiger partial charge in [0, 0.05) is 13.9 Å². The lowest BCUT2D eigenvalue weighted by Crippen LogP contribution is -1.95. The van der Waals surface area contributed by atoms with E-state index in [1.165, 1.54) is 20.1 Å². The number of thioether (sulfide) groups is 2. The Morgan fingerprint density at radius 1 is 0.944 bits per heavy atom. The van der Waals surface area contributed by atoms with Crippen LogP contribution in [0.4, 0.5) is 0 Å². The molecule has 0 atom stereocenters. The third kappa shape index (κ3) is 1.98. The Morgan fingerprint density at radius 3 is 2.22 bits per heavy atom. The van der Waals surface area contributed by atoms with Gasteiger partial charge in [-0.3, -0.25) is 0 Å². The smallest absolute Gasteiger partial charge is 0.146 e. The number of rotatable bonds is 0. The fourth-order valence-electron chi connectivity index (χ4n) is 1.52. The minimum atomic E-state index is 0.198. The minimum Gasteiger partial charge on any atom is -0.192 e.